The van der Waals surface area contributed by atoms with E-state index in [-0.39, 0.29) is 25.1 Å². The van der Waals surface area contributed by atoms with Crippen LogP contribution in [0.15, 0.2) is 42.5 Å². The molecule has 0 amide bonds. The molecular weight excluding hydrogens is 357 g/mol. The molecule has 0 fully saturated rings. The first kappa shape index (κ1) is 20.1. The van der Waals surface area contributed by atoms with Crippen LogP contribution < -0.4 is 10.1 Å². The van der Waals surface area contributed by atoms with Crippen LogP contribution in [0, 0.1) is 0 Å². The Labute approximate surface area is 153 Å². The first-order chi connectivity index (χ1) is 10.6. The quantitative estimate of drug-likeness (QED) is 0.757. The minimum atomic E-state index is 0. The fraction of sp³-hybridized carbons (Fsp3) is 0.294. The van der Waals surface area contributed by atoms with Crippen LogP contribution in [0.5, 0.6) is 5.75 Å². The predicted octanol–water partition coefficient (Wildman–Crippen LogP) is 4.29. The van der Waals surface area contributed by atoms with Crippen molar-refractivity contribution in [2.45, 2.75) is 12.5 Å². The Bertz CT molecular complexity index is 605. The van der Waals surface area contributed by atoms with Crippen LogP contribution in [0.3, 0.4) is 0 Å². The van der Waals surface area contributed by atoms with Crippen LogP contribution in [0.2, 0.25) is 10.0 Å². The first-order valence-electron chi connectivity index (χ1n) is 7.06. The van der Waals surface area contributed by atoms with Crippen molar-refractivity contribution in [2.24, 2.45) is 0 Å². The second kappa shape index (κ2) is 10.0. The molecule has 0 bridgehead atoms. The molecule has 6 heteroatoms. The van der Waals surface area contributed by atoms with Gasteiger partial charge in [0.05, 0.1) is 23.8 Å². The Morgan fingerprint density at radius 3 is 2.35 bits per heavy atom. The lowest BCUT2D eigenvalue weighted by Crippen LogP contribution is -2.26. The molecule has 3 nitrogen and oxygen atoms in total. The van der Waals surface area contributed by atoms with Gasteiger partial charge < -0.3 is 15.2 Å². The van der Waals surface area contributed by atoms with Gasteiger partial charge >= 0.3 is 0 Å². The maximum absolute atomic E-state index is 9.07. The molecule has 0 heterocycles. The summed E-state index contributed by atoms with van der Waals surface area (Å²) in [6, 6.07) is 13.6. The van der Waals surface area contributed by atoms with Crippen LogP contribution in [0.25, 0.3) is 0 Å². The van der Waals surface area contributed by atoms with E-state index < -0.39 is 0 Å². The highest BCUT2D eigenvalue weighted by molar-refractivity contribution is 6.42. The summed E-state index contributed by atoms with van der Waals surface area (Å²) in [6.45, 7) is 0.617. The molecule has 0 aliphatic rings. The molecular formula is C17H20Cl3NO2. The summed E-state index contributed by atoms with van der Waals surface area (Å²) in [4.78, 5) is 0. The minimum Gasteiger partial charge on any atom is -0.497 e. The van der Waals surface area contributed by atoms with E-state index >= 15 is 0 Å². The highest BCUT2D eigenvalue weighted by Gasteiger charge is 2.13. The lowest BCUT2D eigenvalue weighted by Gasteiger charge is -2.19. The van der Waals surface area contributed by atoms with Crippen molar-refractivity contribution in [1.29, 1.82) is 0 Å². The van der Waals surface area contributed by atoms with E-state index in [2.05, 4.69) is 5.32 Å². The fourth-order valence-electron chi connectivity index (χ4n) is 2.29. The number of aliphatic hydroxyl groups excluding tert-OH is 1. The average molecular weight is 377 g/mol. The zero-order chi connectivity index (χ0) is 15.9. The number of ether oxygens (including phenoxy) is 1. The van der Waals surface area contributed by atoms with E-state index in [0.29, 0.717) is 16.6 Å². The van der Waals surface area contributed by atoms with Crippen LogP contribution in [0.4, 0.5) is 0 Å². The molecule has 0 saturated carbocycles. The molecule has 1 atom stereocenters. The molecule has 0 radical (unpaired) electrons. The Hall–Kier alpha value is -0.970. The van der Waals surface area contributed by atoms with Crippen molar-refractivity contribution in [2.75, 3.05) is 20.3 Å². The number of methoxy groups -OCH3 is 1. The van der Waals surface area contributed by atoms with Gasteiger partial charge in [0.15, 0.2) is 0 Å². The molecule has 23 heavy (non-hydrogen) atoms. The van der Waals surface area contributed by atoms with Gasteiger partial charge in [-0.05, 0) is 41.8 Å². The maximum Gasteiger partial charge on any atom is 0.118 e. The zero-order valence-corrected chi connectivity index (χ0v) is 15.1. The Morgan fingerprint density at radius 2 is 1.78 bits per heavy atom. The summed E-state index contributed by atoms with van der Waals surface area (Å²) < 4.78 is 5.18. The van der Waals surface area contributed by atoms with Crippen LogP contribution in [0.1, 0.15) is 17.2 Å². The Kier molecular flexibility index (Phi) is 8.74. The molecule has 2 N–H and O–H groups in total. The number of halogens is 3. The third-order valence-electron chi connectivity index (χ3n) is 3.44. The second-order valence-electron chi connectivity index (χ2n) is 4.96. The fourth-order valence-corrected chi connectivity index (χ4v) is 2.61. The summed E-state index contributed by atoms with van der Waals surface area (Å²) in [5.41, 5.74) is 2.21. The van der Waals surface area contributed by atoms with Crippen molar-refractivity contribution in [3.63, 3.8) is 0 Å². The van der Waals surface area contributed by atoms with Crippen LogP contribution in [-0.2, 0) is 6.42 Å². The lowest BCUT2D eigenvalue weighted by molar-refractivity contribution is 0.284. The van der Waals surface area contributed by atoms with Crippen molar-refractivity contribution < 1.29 is 9.84 Å². The molecule has 2 aromatic carbocycles. The average Bonchev–Trinajstić information content (AvgIpc) is 2.55. The van der Waals surface area contributed by atoms with Gasteiger partial charge in [0.25, 0.3) is 0 Å². The monoisotopic (exact) mass is 375 g/mol. The molecule has 0 aliphatic carbocycles. The van der Waals surface area contributed by atoms with E-state index in [9.17, 15) is 0 Å². The van der Waals surface area contributed by atoms with E-state index in [1.807, 2.05) is 36.4 Å². The summed E-state index contributed by atoms with van der Waals surface area (Å²) in [5, 5.41) is 13.5. The summed E-state index contributed by atoms with van der Waals surface area (Å²) in [5.74, 6) is 0.819. The van der Waals surface area contributed by atoms with Gasteiger partial charge in [-0.25, -0.2) is 0 Å². The highest BCUT2D eigenvalue weighted by atomic mass is 35.5. The van der Waals surface area contributed by atoms with E-state index in [0.717, 1.165) is 23.3 Å². The molecule has 2 aromatic rings. The molecule has 126 valence electrons. The van der Waals surface area contributed by atoms with Crippen molar-refractivity contribution in [3.8, 4) is 5.75 Å². The number of nitrogens with one attached hydrogen (secondary N) is 1. The maximum atomic E-state index is 9.07. The largest absolute Gasteiger partial charge is 0.497 e. The number of rotatable bonds is 7. The molecule has 0 aliphatic heterocycles. The number of benzene rings is 2. The Morgan fingerprint density at radius 1 is 1.09 bits per heavy atom. The van der Waals surface area contributed by atoms with Crippen LogP contribution >= 0.6 is 35.6 Å². The number of hydrogen-bond donors (Lipinski definition) is 2. The van der Waals surface area contributed by atoms with Gasteiger partial charge in [0.2, 0.25) is 0 Å². The van der Waals surface area contributed by atoms with Gasteiger partial charge in [-0.1, -0.05) is 41.4 Å². The van der Waals surface area contributed by atoms with Crippen LogP contribution in [-0.4, -0.2) is 25.4 Å². The SMILES string of the molecule is COc1ccc(C(Cc2ccc(Cl)c(Cl)c2)NCCO)cc1.Cl. The molecule has 0 saturated heterocycles. The number of aliphatic hydroxyl groups is 1. The van der Waals surface area contributed by atoms with E-state index in [1.165, 1.54) is 0 Å². The van der Waals surface area contributed by atoms with Gasteiger partial charge in [0.1, 0.15) is 5.75 Å². The predicted molar refractivity (Wildman–Crippen MR) is 98.2 cm³/mol. The third kappa shape index (κ3) is 5.87. The molecule has 1 unspecified atom stereocenters. The van der Waals surface area contributed by atoms with Crippen molar-refractivity contribution in [1.82, 2.24) is 5.32 Å². The third-order valence-corrected chi connectivity index (χ3v) is 4.18. The van der Waals surface area contributed by atoms with E-state index in [4.69, 9.17) is 33.0 Å². The number of hydrogen-bond acceptors (Lipinski definition) is 3. The first-order valence-corrected chi connectivity index (χ1v) is 7.81. The van der Waals surface area contributed by atoms with Gasteiger partial charge in [-0.3, -0.25) is 0 Å². The van der Waals surface area contributed by atoms with Crippen molar-refractivity contribution >= 4 is 35.6 Å². The summed E-state index contributed by atoms with van der Waals surface area (Å²) in [7, 11) is 1.65. The standard InChI is InChI=1S/C17H19Cl2NO2.ClH/c1-22-14-5-3-13(4-6-14)17(20-8-9-21)11-12-2-7-15(18)16(19)10-12;/h2-7,10,17,20-21H,8-9,11H2,1H3;1H. The van der Waals surface area contributed by atoms with Gasteiger partial charge in [0, 0.05) is 12.6 Å². The Balaban J connectivity index is 0.00000264. The van der Waals surface area contributed by atoms with E-state index in [1.54, 1.807) is 13.2 Å². The zero-order valence-electron chi connectivity index (χ0n) is 12.8. The molecule has 0 spiro atoms. The summed E-state index contributed by atoms with van der Waals surface area (Å²) in [6.07, 6.45) is 0.753. The lowest BCUT2D eigenvalue weighted by atomic mass is 9.98. The summed E-state index contributed by atoms with van der Waals surface area (Å²) >= 11 is 12.0. The van der Waals surface area contributed by atoms with Crippen molar-refractivity contribution in [3.05, 3.63) is 63.6 Å². The smallest absolute Gasteiger partial charge is 0.118 e. The normalized spacial score (nSPS) is 11.7. The van der Waals surface area contributed by atoms with Gasteiger partial charge in [-0.2, -0.15) is 0 Å². The van der Waals surface area contributed by atoms with Gasteiger partial charge in [-0.15, -0.1) is 12.4 Å². The second-order valence-corrected chi connectivity index (χ2v) is 5.77. The molecule has 2 rings (SSSR count). The molecule has 0 aromatic heterocycles. The highest BCUT2D eigenvalue weighted by Crippen LogP contribution is 2.26. The minimum absolute atomic E-state index is 0. The topological polar surface area (TPSA) is 41.5 Å².